The van der Waals surface area contributed by atoms with Crippen LogP contribution in [-0.2, 0) is 6.54 Å². The Bertz CT molecular complexity index is 277. The van der Waals surface area contributed by atoms with E-state index in [1.807, 2.05) is 6.20 Å². The monoisotopic (exact) mass is 211 g/mol. The van der Waals surface area contributed by atoms with E-state index in [1.165, 1.54) is 43.6 Å². The first-order valence-corrected chi connectivity index (χ1v) is 6.09. The van der Waals surface area contributed by atoms with E-state index < -0.39 is 0 Å². The van der Waals surface area contributed by atoms with Crippen molar-refractivity contribution in [3.63, 3.8) is 0 Å². The average Bonchev–Trinajstić information content (AvgIpc) is 2.43. The minimum absolute atomic E-state index is 0.690. The maximum absolute atomic E-state index is 5.60. The summed E-state index contributed by atoms with van der Waals surface area (Å²) in [6.07, 6.45) is 7.37. The number of aromatic nitrogens is 1. The lowest BCUT2D eigenvalue weighted by Crippen LogP contribution is -2.23. The zero-order valence-electron chi connectivity index (χ0n) is 8.41. The Morgan fingerprint density at radius 2 is 2.00 bits per heavy atom. The molecule has 1 aromatic heterocycles. The second-order valence-corrected chi connectivity index (χ2v) is 5.00. The molecule has 2 rings (SSSR count). The Morgan fingerprint density at radius 3 is 2.57 bits per heavy atom. The second kappa shape index (κ2) is 4.75. The van der Waals surface area contributed by atoms with Gasteiger partial charge in [-0.1, -0.05) is 12.8 Å². The molecule has 1 aliphatic rings. The molecule has 0 spiro atoms. The van der Waals surface area contributed by atoms with Crippen LogP contribution in [0.4, 0.5) is 5.13 Å². The molecule has 1 saturated heterocycles. The molecule has 78 valence electrons. The number of thiazole rings is 1. The van der Waals surface area contributed by atoms with Gasteiger partial charge in [-0.3, -0.25) is 4.90 Å². The highest BCUT2D eigenvalue weighted by molar-refractivity contribution is 7.15. The van der Waals surface area contributed by atoms with Gasteiger partial charge in [-0.2, -0.15) is 0 Å². The van der Waals surface area contributed by atoms with Crippen molar-refractivity contribution in [3.05, 3.63) is 11.1 Å². The Labute approximate surface area is 88.9 Å². The molecular weight excluding hydrogens is 194 g/mol. The maximum atomic E-state index is 5.60. The van der Waals surface area contributed by atoms with E-state index in [-0.39, 0.29) is 0 Å². The van der Waals surface area contributed by atoms with Crippen molar-refractivity contribution in [2.24, 2.45) is 0 Å². The van der Waals surface area contributed by atoms with E-state index in [4.69, 9.17) is 5.73 Å². The number of nitrogens with zero attached hydrogens (tertiary/aromatic N) is 2. The van der Waals surface area contributed by atoms with E-state index in [2.05, 4.69) is 9.88 Å². The Hall–Kier alpha value is -0.610. The van der Waals surface area contributed by atoms with Gasteiger partial charge in [0.2, 0.25) is 0 Å². The average molecular weight is 211 g/mol. The molecule has 3 nitrogen and oxygen atoms in total. The van der Waals surface area contributed by atoms with Gasteiger partial charge in [0.15, 0.2) is 5.13 Å². The number of nitrogen functional groups attached to an aromatic ring is 1. The van der Waals surface area contributed by atoms with Crippen molar-refractivity contribution in [2.75, 3.05) is 18.8 Å². The zero-order chi connectivity index (χ0) is 9.80. The van der Waals surface area contributed by atoms with Crippen LogP contribution in [0.3, 0.4) is 0 Å². The summed E-state index contributed by atoms with van der Waals surface area (Å²) < 4.78 is 0. The van der Waals surface area contributed by atoms with Crippen LogP contribution in [0.2, 0.25) is 0 Å². The van der Waals surface area contributed by atoms with Crippen molar-refractivity contribution in [1.82, 2.24) is 9.88 Å². The van der Waals surface area contributed by atoms with E-state index >= 15 is 0 Å². The van der Waals surface area contributed by atoms with Crippen LogP contribution in [0.15, 0.2) is 6.20 Å². The van der Waals surface area contributed by atoms with Crippen LogP contribution in [-0.4, -0.2) is 23.0 Å². The van der Waals surface area contributed by atoms with Crippen LogP contribution < -0.4 is 5.73 Å². The largest absolute Gasteiger partial charge is 0.375 e. The fourth-order valence-electron chi connectivity index (χ4n) is 1.91. The van der Waals surface area contributed by atoms with Crippen LogP contribution in [0, 0.1) is 0 Å². The lowest BCUT2D eigenvalue weighted by Gasteiger charge is -2.17. The zero-order valence-corrected chi connectivity index (χ0v) is 9.22. The first-order valence-electron chi connectivity index (χ1n) is 5.27. The minimum atomic E-state index is 0.690. The topological polar surface area (TPSA) is 42.1 Å². The van der Waals surface area contributed by atoms with E-state index in [9.17, 15) is 0 Å². The molecular formula is C10H17N3S. The van der Waals surface area contributed by atoms with Crippen LogP contribution in [0.5, 0.6) is 0 Å². The molecule has 14 heavy (non-hydrogen) atoms. The summed E-state index contributed by atoms with van der Waals surface area (Å²) in [5.41, 5.74) is 5.60. The predicted molar refractivity (Wildman–Crippen MR) is 60.3 cm³/mol. The number of nitrogens with two attached hydrogens (primary N) is 1. The van der Waals surface area contributed by atoms with E-state index in [1.54, 1.807) is 11.3 Å². The highest BCUT2D eigenvalue weighted by Crippen LogP contribution is 2.18. The van der Waals surface area contributed by atoms with Crippen LogP contribution in [0.1, 0.15) is 30.6 Å². The van der Waals surface area contributed by atoms with Crippen molar-refractivity contribution >= 4 is 16.5 Å². The molecule has 2 N–H and O–H groups in total. The van der Waals surface area contributed by atoms with Gasteiger partial charge < -0.3 is 5.73 Å². The first kappa shape index (κ1) is 9.93. The summed E-state index contributed by atoms with van der Waals surface area (Å²) >= 11 is 1.61. The molecule has 1 aliphatic heterocycles. The van der Waals surface area contributed by atoms with Gasteiger partial charge in [0, 0.05) is 17.6 Å². The van der Waals surface area contributed by atoms with Crippen LogP contribution >= 0.6 is 11.3 Å². The molecule has 1 aromatic rings. The number of likely N-dealkylation sites (tertiary alicyclic amines) is 1. The fourth-order valence-corrected chi connectivity index (χ4v) is 2.64. The minimum Gasteiger partial charge on any atom is -0.375 e. The molecule has 0 bridgehead atoms. The van der Waals surface area contributed by atoms with Gasteiger partial charge in [-0.25, -0.2) is 4.98 Å². The fraction of sp³-hybridized carbons (Fsp3) is 0.700. The highest BCUT2D eigenvalue weighted by atomic mass is 32.1. The SMILES string of the molecule is Nc1ncc(CN2CCCCCC2)s1. The summed E-state index contributed by atoms with van der Waals surface area (Å²) in [5, 5.41) is 0.690. The molecule has 0 atom stereocenters. The standard InChI is InChI=1S/C10H17N3S/c11-10-12-7-9(14-10)8-13-5-3-1-2-4-6-13/h7H,1-6,8H2,(H2,11,12). The maximum Gasteiger partial charge on any atom is 0.180 e. The molecule has 0 saturated carbocycles. The summed E-state index contributed by atoms with van der Waals surface area (Å²) in [7, 11) is 0. The molecule has 0 unspecified atom stereocenters. The Kier molecular flexibility index (Phi) is 3.37. The Balaban J connectivity index is 1.89. The molecule has 1 fully saturated rings. The third-order valence-corrected chi connectivity index (χ3v) is 3.46. The third kappa shape index (κ3) is 2.69. The first-order chi connectivity index (χ1) is 6.84. The van der Waals surface area contributed by atoms with Gasteiger partial charge in [0.25, 0.3) is 0 Å². The molecule has 0 aromatic carbocycles. The lowest BCUT2D eigenvalue weighted by molar-refractivity contribution is 0.279. The molecule has 0 amide bonds. The number of anilines is 1. The molecule has 2 heterocycles. The highest BCUT2D eigenvalue weighted by Gasteiger charge is 2.10. The van der Waals surface area contributed by atoms with Gasteiger partial charge in [0.1, 0.15) is 0 Å². The van der Waals surface area contributed by atoms with Gasteiger partial charge >= 0.3 is 0 Å². The van der Waals surface area contributed by atoms with Crippen LogP contribution in [0.25, 0.3) is 0 Å². The quantitative estimate of drug-likeness (QED) is 0.814. The smallest absolute Gasteiger partial charge is 0.180 e. The number of hydrogen-bond acceptors (Lipinski definition) is 4. The van der Waals surface area contributed by atoms with Gasteiger partial charge in [-0.15, -0.1) is 11.3 Å². The van der Waals surface area contributed by atoms with E-state index in [0.717, 1.165) is 6.54 Å². The number of rotatable bonds is 2. The summed E-state index contributed by atoms with van der Waals surface area (Å²) in [6, 6.07) is 0. The lowest BCUT2D eigenvalue weighted by atomic mass is 10.2. The van der Waals surface area contributed by atoms with Crippen molar-refractivity contribution < 1.29 is 0 Å². The summed E-state index contributed by atoms with van der Waals surface area (Å²) in [6.45, 7) is 3.50. The van der Waals surface area contributed by atoms with Crippen molar-refractivity contribution in [2.45, 2.75) is 32.2 Å². The van der Waals surface area contributed by atoms with Crippen molar-refractivity contribution in [3.8, 4) is 0 Å². The van der Waals surface area contributed by atoms with Crippen molar-refractivity contribution in [1.29, 1.82) is 0 Å². The summed E-state index contributed by atoms with van der Waals surface area (Å²) in [4.78, 5) is 7.88. The predicted octanol–water partition coefficient (Wildman–Crippen LogP) is 2.10. The van der Waals surface area contributed by atoms with Gasteiger partial charge in [0.05, 0.1) is 0 Å². The number of hydrogen-bond donors (Lipinski definition) is 1. The summed E-state index contributed by atoms with van der Waals surface area (Å²) in [5.74, 6) is 0. The second-order valence-electron chi connectivity index (χ2n) is 3.86. The molecule has 0 radical (unpaired) electrons. The normalized spacial score (nSPS) is 19.4. The third-order valence-electron chi connectivity index (χ3n) is 2.65. The molecule has 0 aliphatic carbocycles. The molecule has 4 heteroatoms. The Morgan fingerprint density at radius 1 is 1.29 bits per heavy atom. The van der Waals surface area contributed by atoms with E-state index in [0.29, 0.717) is 5.13 Å². The van der Waals surface area contributed by atoms with Gasteiger partial charge in [-0.05, 0) is 25.9 Å².